The summed E-state index contributed by atoms with van der Waals surface area (Å²) in [5, 5.41) is 3.96. The Balaban J connectivity index is 1.90. The molecular weight excluding hydrogens is 301 g/mol. The summed E-state index contributed by atoms with van der Waals surface area (Å²) < 4.78 is 0. The van der Waals surface area contributed by atoms with Crippen molar-refractivity contribution >= 4 is 46.6 Å². The Hall–Kier alpha value is -1.16. The Morgan fingerprint density at radius 1 is 1.11 bits per heavy atom. The van der Waals surface area contributed by atoms with Gasteiger partial charge in [0.25, 0.3) is 0 Å². The second-order valence-corrected chi connectivity index (χ2v) is 5.67. The predicted molar refractivity (Wildman–Crippen MR) is 82.3 cm³/mol. The summed E-state index contributed by atoms with van der Waals surface area (Å²) in [6, 6.07) is 14.6. The third-order valence-corrected chi connectivity index (χ3v) is 3.87. The molecule has 0 aliphatic heterocycles. The molecule has 0 saturated carbocycles. The van der Waals surface area contributed by atoms with E-state index in [2.05, 4.69) is 5.32 Å². The normalized spacial score (nSPS) is 10.2. The molecule has 0 atom stereocenters. The molecule has 0 aromatic heterocycles. The van der Waals surface area contributed by atoms with Gasteiger partial charge in [-0.2, -0.15) is 0 Å². The van der Waals surface area contributed by atoms with E-state index >= 15 is 0 Å². The van der Waals surface area contributed by atoms with E-state index in [1.165, 1.54) is 11.8 Å². The molecule has 1 amide bonds. The van der Waals surface area contributed by atoms with Gasteiger partial charge in [0.2, 0.25) is 5.91 Å². The number of nitrogens with one attached hydrogen (secondary N) is 1. The third kappa shape index (κ3) is 4.46. The van der Waals surface area contributed by atoms with Crippen LogP contribution in [0.4, 0.5) is 5.69 Å². The lowest BCUT2D eigenvalue weighted by Gasteiger charge is -2.06. The number of hydrogen-bond acceptors (Lipinski definition) is 2. The standard InChI is InChI=1S/C14H11Cl2NOS/c15-10-4-3-5-11(8-10)19-9-14(18)17-13-7-2-1-6-12(13)16/h1-8H,9H2,(H,17,18). The molecule has 19 heavy (non-hydrogen) atoms. The quantitative estimate of drug-likeness (QED) is 0.827. The molecule has 2 aromatic rings. The number of thioether (sulfide) groups is 1. The maximum atomic E-state index is 11.8. The van der Waals surface area contributed by atoms with Gasteiger partial charge in [-0.1, -0.05) is 41.4 Å². The number of hydrogen-bond donors (Lipinski definition) is 1. The third-order valence-electron chi connectivity index (χ3n) is 2.31. The van der Waals surface area contributed by atoms with Crippen LogP contribution in [0.1, 0.15) is 0 Å². The fourth-order valence-electron chi connectivity index (χ4n) is 1.45. The summed E-state index contributed by atoms with van der Waals surface area (Å²) in [5.41, 5.74) is 0.626. The van der Waals surface area contributed by atoms with Gasteiger partial charge in [-0.25, -0.2) is 0 Å². The van der Waals surface area contributed by atoms with Gasteiger partial charge in [-0.3, -0.25) is 4.79 Å². The van der Waals surface area contributed by atoms with E-state index in [0.717, 1.165) is 4.90 Å². The molecule has 0 heterocycles. The van der Waals surface area contributed by atoms with E-state index < -0.39 is 0 Å². The topological polar surface area (TPSA) is 29.1 Å². The van der Waals surface area contributed by atoms with Crippen molar-refractivity contribution in [3.63, 3.8) is 0 Å². The van der Waals surface area contributed by atoms with Crippen molar-refractivity contribution in [2.45, 2.75) is 4.90 Å². The van der Waals surface area contributed by atoms with Crippen molar-refractivity contribution in [1.82, 2.24) is 0 Å². The van der Waals surface area contributed by atoms with Crippen LogP contribution in [0.2, 0.25) is 10.0 Å². The van der Waals surface area contributed by atoms with Gasteiger partial charge in [-0.15, -0.1) is 11.8 Å². The Kier molecular flexibility index (Phi) is 5.14. The fraction of sp³-hybridized carbons (Fsp3) is 0.0714. The highest BCUT2D eigenvalue weighted by Gasteiger charge is 2.06. The number of amides is 1. The minimum atomic E-state index is -0.0990. The molecule has 5 heteroatoms. The number of para-hydroxylation sites is 1. The molecule has 0 saturated heterocycles. The number of rotatable bonds is 4. The molecule has 1 N–H and O–H groups in total. The van der Waals surface area contributed by atoms with Crippen LogP contribution >= 0.6 is 35.0 Å². The molecular formula is C14H11Cl2NOS. The van der Waals surface area contributed by atoms with Crippen LogP contribution in [0.15, 0.2) is 53.4 Å². The Morgan fingerprint density at radius 2 is 1.89 bits per heavy atom. The summed E-state index contributed by atoms with van der Waals surface area (Å²) in [4.78, 5) is 12.8. The van der Waals surface area contributed by atoms with Crippen molar-refractivity contribution in [3.8, 4) is 0 Å². The van der Waals surface area contributed by atoms with Gasteiger partial charge in [0, 0.05) is 9.92 Å². The zero-order valence-electron chi connectivity index (χ0n) is 9.90. The summed E-state index contributed by atoms with van der Waals surface area (Å²) in [6.07, 6.45) is 0. The SMILES string of the molecule is O=C(CSc1cccc(Cl)c1)Nc1ccccc1Cl. The lowest BCUT2D eigenvalue weighted by Crippen LogP contribution is -2.14. The van der Waals surface area contributed by atoms with Gasteiger partial charge in [0.05, 0.1) is 16.5 Å². The van der Waals surface area contributed by atoms with Crippen LogP contribution in [0.3, 0.4) is 0 Å². The van der Waals surface area contributed by atoms with Gasteiger partial charge in [-0.05, 0) is 30.3 Å². The molecule has 2 nitrogen and oxygen atoms in total. The minimum absolute atomic E-state index is 0.0990. The largest absolute Gasteiger partial charge is 0.324 e. The maximum Gasteiger partial charge on any atom is 0.234 e. The van der Waals surface area contributed by atoms with Gasteiger partial charge < -0.3 is 5.32 Å². The first-order chi connectivity index (χ1) is 9.15. The van der Waals surface area contributed by atoms with Crippen LogP contribution in [0, 0.1) is 0 Å². The number of carbonyl (C=O) groups is 1. The van der Waals surface area contributed by atoms with E-state index in [0.29, 0.717) is 21.5 Å². The zero-order valence-corrected chi connectivity index (χ0v) is 12.2. The molecule has 0 spiro atoms. The van der Waals surface area contributed by atoms with Crippen molar-refractivity contribution in [1.29, 1.82) is 0 Å². The highest BCUT2D eigenvalue weighted by molar-refractivity contribution is 8.00. The number of anilines is 1. The van der Waals surface area contributed by atoms with Crippen molar-refractivity contribution in [3.05, 3.63) is 58.6 Å². The Morgan fingerprint density at radius 3 is 2.63 bits per heavy atom. The van der Waals surface area contributed by atoms with Crippen molar-refractivity contribution < 1.29 is 4.79 Å². The van der Waals surface area contributed by atoms with Gasteiger partial charge in [0.15, 0.2) is 0 Å². The summed E-state index contributed by atoms with van der Waals surface area (Å²) >= 11 is 13.3. The van der Waals surface area contributed by atoms with Crippen LogP contribution in [-0.4, -0.2) is 11.7 Å². The first-order valence-corrected chi connectivity index (χ1v) is 7.32. The van der Waals surface area contributed by atoms with E-state index in [-0.39, 0.29) is 5.91 Å². The highest BCUT2D eigenvalue weighted by atomic mass is 35.5. The Labute approximate surface area is 126 Å². The molecule has 2 aromatic carbocycles. The molecule has 2 rings (SSSR count). The predicted octanol–water partition coefficient (Wildman–Crippen LogP) is 4.72. The summed E-state index contributed by atoms with van der Waals surface area (Å²) in [5.74, 6) is 0.212. The number of carbonyl (C=O) groups excluding carboxylic acids is 1. The Bertz CT molecular complexity index is 589. The first kappa shape index (κ1) is 14.3. The first-order valence-electron chi connectivity index (χ1n) is 5.58. The molecule has 0 aliphatic carbocycles. The van der Waals surface area contributed by atoms with Crippen LogP contribution in [0.5, 0.6) is 0 Å². The van der Waals surface area contributed by atoms with Crippen molar-refractivity contribution in [2.24, 2.45) is 0 Å². The molecule has 0 radical (unpaired) electrons. The van der Waals surface area contributed by atoms with Crippen LogP contribution in [-0.2, 0) is 4.79 Å². The van der Waals surface area contributed by atoms with Gasteiger partial charge >= 0.3 is 0 Å². The van der Waals surface area contributed by atoms with Crippen LogP contribution < -0.4 is 5.32 Å². The molecule has 0 unspecified atom stereocenters. The molecule has 0 aliphatic rings. The van der Waals surface area contributed by atoms with E-state index in [4.69, 9.17) is 23.2 Å². The second-order valence-electron chi connectivity index (χ2n) is 3.77. The summed E-state index contributed by atoms with van der Waals surface area (Å²) in [7, 11) is 0. The zero-order chi connectivity index (χ0) is 13.7. The highest BCUT2D eigenvalue weighted by Crippen LogP contribution is 2.23. The monoisotopic (exact) mass is 311 g/mol. The molecule has 98 valence electrons. The number of benzene rings is 2. The van der Waals surface area contributed by atoms with Crippen molar-refractivity contribution in [2.75, 3.05) is 11.1 Å². The van der Waals surface area contributed by atoms with E-state index in [1.54, 1.807) is 18.2 Å². The lowest BCUT2D eigenvalue weighted by atomic mass is 10.3. The minimum Gasteiger partial charge on any atom is -0.324 e. The van der Waals surface area contributed by atoms with E-state index in [9.17, 15) is 4.79 Å². The fourth-order valence-corrected chi connectivity index (χ4v) is 2.65. The smallest absolute Gasteiger partial charge is 0.234 e. The lowest BCUT2D eigenvalue weighted by molar-refractivity contribution is -0.113. The molecule has 0 fully saturated rings. The maximum absolute atomic E-state index is 11.8. The summed E-state index contributed by atoms with van der Waals surface area (Å²) in [6.45, 7) is 0. The van der Waals surface area contributed by atoms with Gasteiger partial charge in [0.1, 0.15) is 0 Å². The average Bonchev–Trinajstić information content (AvgIpc) is 2.39. The number of halogens is 2. The van der Waals surface area contributed by atoms with E-state index in [1.807, 2.05) is 30.3 Å². The van der Waals surface area contributed by atoms with Crippen LogP contribution in [0.25, 0.3) is 0 Å². The molecule has 0 bridgehead atoms. The second kappa shape index (κ2) is 6.85. The average molecular weight is 312 g/mol.